The van der Waals surface area contributed by atoms with Gasteiger partial charge < -0.3 is 9.47 Å². The molecule has 2 aromatic heterocycles. The van der Waals surface area contributed by atoms with E-state index in [1.807, 2.05) is 123 Å². The van der Waals surface area contributed by atoms with Gasteiger partial charge in [0, 0.05) is 11.1 Å². The zero-order valence-electron chi connectivity index (χ0n) is 24.9. The third-order valence-electron chi connectivity index (χ3n) is 6.44. The fraction of sp³-hybridized carbons (Fsp3) is 0.333. The minimum absolute atomic E-state index is 0.489. The average molecular weight is 586 g/mol. The number of aliphatic imine (C=N–C) groups is 2. The van der Waals surface area contributed by atoms with Crippen molar-refractivity contribution >= 4 is 46.4 Å². The average Bonchev–Trinajstić information content (AvgIpc) is 3.45. The summed E-state index contributed by atoms with van der Waals surface area (Å²) in [6.07, 6.45) is 7.78. The van der Waals surface area contributed by atoms with Gasteiger partial charge in [0.25, 0.3) is 0 Å². The minimum Gasteiger partial charge on any atom is -0.475 e. The van der Waals surface area contributed by atoms with Crippen LogP contribution in [-0.4, -0.2) is 35.1 Å². The smallest absolute Gasteiger partial charge is 0.344 e. The van der Waals surface area contributed by atoms with Crippen LogP contribution in [0.3, 0.4) is 0 Å². The van der Waals surface area contributed by atoms with E-state index in [0.29, 0.717) is 33.2 Å². The van der Waals surface area contributed by atoms with E-state index in [1.54, 1.807) is 14.2 Å². The number of imidazole rings is 2. The van der Waals surface area contributed by atoms with Crippen molar-refractivity contribution in [3.05, 3.63) is 81.9 Å². The van der Waals surface area contributed by atoms with Gasteiger partial charge in [0.1, 0.15) is 24.8 Å². The van der Waals surface area contributed by atoms with Crippen molar-refractivity contribution in [3.63, 3.8) is 0 Å². The van der Waals surface area contributed by atoms with Crippen LogP contribution in [0, 0.1) is 13.8 Å². The number of hydrogen-bond acceptors (Lipinski definition) is 4. The predicted octanol–water partition coefficient (Wildman–Crippen LogP) is 6.08. The molecule has 40 heavy (non-hydrogen) atoms. The molecule has 0 fully saturated rings. The fourth-order valence-electron chi connectivity index (χ4n) is 4.37. The van der Waals surface area contributed by atoms with Gasteiger partial charge in [-0.05, 0) is 49.2 Å². The second-order valence-corrected chi connectivity index (χ2v) is 9.98. The number of benzene rings is 2. The standard InChI is InChI=1S/C28H32Cl2N6O2.C2H6/c1-17-13-19(21(29)15-23(17)31-25(37-7)27-33(3)9-10-34(27)4)20-14-18(2)24(16-22(20)30)32-26(38-8)28-35(5)11-12-36(28)6;1-2/h9-16H,1-8H3;1-2H3/q+2;. The Balaban J connectivity index is 0.00000216. The highest BCUT2D eigenvalue weighted by Gasteiger charge is 2.23. The molecule has 0 aliphatic carbocycles. The number of hydrogen-bond donors (Lipinski definition) is 0. The normalized spacial score (nSPS) is 11.8. The molecular formula is C30H38Cl2N6O2+2. The Morgan fingerprint density at radius 1 is 0.700 bits per heavy atom. The van der Waals surface area contributed by atoms with Gasteiger partial charge in [-0.2, -0.15) is 0 Å². The zero-order chi connectivity index (χ0) is 29.7. The number of ether oxygens (including phenoxy) is 2. The van der Waals surface area contributed by atoms with Gasteiger partial charge in [0.2, 0.25) is 0 Å². The quantitative estimate of drug-likeness (QED) is 0.162. The first-order chi connectivity index (χ1) is 19.0. The number of aryl methyl sites for hydroxylation is 6. The lowest BCUT2D eigenvalue weighted by Gasteiger charge is -2.13. The molecule has 0 bridgehead atoms. The van der Waals surface area contributed by atoms with Crippen molar-refractivity contribution in [2.24, 2.45) is 38.2 Å². The molecule has 0 atom stereocenters. The Hall–Kier alpha value is -3.62. The number of methoxy groups -OCH3 is 2. The summed E-state index contributed by atoms with van der Waals surface area (Å²) in [5, 5.41) is 1.07. The molecule has 0 spiro atoms. The molecule has 212 valence electrons. The molecule has 0 aliphatic heterocycles. The van der Waals surface area contributed by atoms with E-state index in [9.17, 15) is 0 Å². The lowest BCUT2D eigenvalue weighted by atomic mass is 9.99. The van der Waals surface area contributed by atoms with E-state index in [0.717, 1.165) is 33.9 Å². The first kappa shape index (κ1) is 30.9. The SMILES string of the molecule is CC.COC(=Nc1cc(Cl)c(-c2cc(C)c(N=C(OC)c3n(C)cc[n+]3C)cc2Cl)cc1C)c1n(C)cc[n+]1C. The number of nitrogens with zero attached hydrogens (tertiary/aromatic N) is 6. The zero-order valence-corrected chi connectivity index (χ0v) is 26.4. The molecule has 8 nitrogen and oxygen atoms in total. The summed E-state index contributed by atoms with van der Waals surface area (Å²) in [4.78, 5) is 9.54. The van der Waals surface area contributed by atoms with Crippen LogP contribution in [0.2, 0.25) is 10.0 Å². The Kier molecular flexibility index (Phi) is 10.2. The van der Waals surface area contributed by atoms with Crippen LogP contribution in [-0.2, 0) is 37.7 Å². The van der Waals surface area contributed by atoms with Crippen LogP contribution < -0.4 is 9.13 Å². The molecule has 0 saturated heterocycles. The summed E-state index contributed by atoms with van der Waals surface area (Å²) < 4.78 is 19.0. The molecule has 0 radical (unpaired) electrons. The van der Waals surface area contributed by atoms with E-state index < -0.39 is 0 Å². The summed E-state index contributed by atoms with van der Waals surface area (Å²) in [6.45, 7) is 7.97. The molecule has 0 amide bonds. The van der Waals surface area contributed by atoms with Crippen LogP contribution in [0.1, 0.15) is 36.6 Å². The molecule has 0 saturated carbocycles. The van der Waals surface area contributed by atoms with Crippen LogP contribution in [0.15, 0.2) is 59.0 Å². The maximum absolute atomic E-state index is 6.79. The van der Waals surface area contributed by atoms with Gasteiger partial charge in [-0.1, -0.05) is 37.0 Å². The summed E-state index contributed by atoms with van der Waals surface area (Å²) in [5.41, 5.74) is 4.93. The molecule has 0 aliphatic rings. The van der Waals surface area contributed by atoms with E-state index >= 15 is 0 Å². The molecule has 0 unspecified atom stereocenters. The van der Waals surface area contributed by atoms with Crippen molar-refractivity contribution in [3.8, 4) is 11.1 Å². The molecule has 4 rings (SSSR count). The Morgan fingerprint density at radius 3 is 1.32 bits per heavy atom. The molecule has 2 heterocycles. The maximum atomic E-state index is 6.79. The third-order valence-corrected chi connectivity index (χ3v) is 7.06. The maximum Gasteiger partial charge on any atom is 0.344 e. The topological polar surface area (TPSA) is 60.8 Å². The fourth-order valence-corrected chi connectivity index (χ4v) is 4.89. The van der Waals surface area contributed by atoms with Crippen molar-refractivity contribution in [1.29, 1.82) is 0 Å². The van der Waals surface area contributed by atoms with Crippen LogP contribution in [0.4, 0.5) is 11.4 Å². The van der Waals surface area contributed by atoms with Gasteiger partial charge in [0.05, 0.1) is 63.8 Å². The van der Waals surface area contributed by atoms with Crippen LogP contribution >= 0.6 is 23.2 Å². The predicted molar refractivity (Wildman–Crippen MR) is 162 cm³/mol. The Labute approximate surface area is 246 Å². The summed E-state index contributed by atoms with van der Waals surface area (Å²) in [7, 11) is 11.0. The largest absolute Gasteiger partial charge is 0.475 e. The van der Waals surface area contributed by atoms with E-state index in [4.69, 9.17) is 42.7 Å². The van der Waals surface area contributed by atoms with Crippen molar-refractivity contribution in [1.82, 2.24) is 9.13 Å². The molecule has 4 aromatic rings. The van der Waals surface area contributed by atoms with E-state index in [-0.39, 0.29) is 0 Å². The van der Waals surface area contributed by atoms with Crippen LogP contribution in [0.5, 0.6) is 0 Å². The molecule has 0 N–H and O–H groups in total. The Bertz CT molecular complexity index is 1430. The highest BCUT2D eigenvalue weighted by atomic mass is 35.5. The lowest BCUT2D eigenvalue weighted by Crippen LogP contribution is -2.35. The van der Waals surface area contributed by atoms with Gasteiger partial charge in [-0.25, -0.2) is 28.3 Å². The third kappa shape index (κ3) is 6.24. The van der Waals surface area contributed by atoms with Gasteiger partial charge in [-0.15, -0.1) is 0 Å². The number of rotatable bonds is 5. The first-order valence-electron chi connectivity index (χ1n) is 12.9. The molecule has 2 aromatic carbocycles. The number of halogens is 2. The second kappa shape index (κ2) is 13.2. The van der Waals surface area contributed by atoms with Crippen molar-refractivity contribution in [2.75, 3.05) is 14.2 Å². The van der Waals surface area contributed by atoms with E-state index in [2.05, 4.69) is 0 Å². The summed E-state index contributed by atoms with van der Waals surface area (Å²) >= 11 is 13.6. The molecular weight excluding hydrogens is 547 g/mol. The second-order valence-electron chi connectivity index (χ2n) is 9.17. The summed E-state index contributed by atoms with van der Waals surface area (Å²) in [5.74, 6) is 2.65. The van der Waals surface area contributed by atoms with Crippen molar-refractivity contribution < 1.29 is 18.6 Å². The van der Waals surface area contributed by atoms with Crippen LogP contribution in [0.25, 0.3) is 11.1 Å². The van der Waals surface area contributed by atoms with Gasteiger partial charge in [0.15, 0.2) is 0 Å². The molecule has 10 heteroatoms. The van der Waals surface area contributed by atoms with Gasteiger partial charge in [-0.3, -0.25) is 0 Å². The highest BCUT2D eigenvalue weighted by molar-refractivity contribution is 6.37. The van der Waals surface area contributed by atoms with Crippen molar-refractivity contribution in [2.45, 2.75) is 27.7 Å². The first-order valence-corrected chi connectivity index (χ1v) is 13.7. The van der Waals surface area contributed by atoms with E-state index in [1.165, 1.54) is 0 Å². The van der Waals surface area contributed by atoms with Gasteiger partial charge >= 0.3 is 23.4 Å². The Morgan fingerprint density at radius 2 is 1.05 bits per heavy atom. The monoisotopic (exact) mass is 584 g/mol. The summed E-state index contributed by atoms with van der Waals surface area (Å²) in [6, 6.07) is 7.66. The highest BCUT2D eigenvalue weighted by Crippen LogP contribution is 2.40. The number of aromatic nitrogens is 4. The lowest BCUT2D eigenvalue weighted by molar-refractivity contribution is -0.672. The minimum atomic E-state index is 0.489.